The molecule has 1 amide bonds. The van der Waals surface area contributed by atoms with Gasteiger partial charge >= 0.3 is 0 Å². The molecule has 1 heterocycles. The Morgan fingerprint density at radius 3 is 2.31 bits per heavy atom. The molecule has 1 unspecified atom stereocenters. The average Bonchev–Trinajstić information content (AvgIpc) is 3.08. The molecule has 0 saturated carbocycles. The lowest BCUT2D eigenvalue weighted by atomic mass is 9.84. The van der Waals surface area contributed by atoms with Crippen LogP contribution in [0.15, 0.2) is 72.3 Å². The van der Waals surface area contributed by atoms with E-state index in [1.807, 2.05) is 56.3 Å². The summed E-state index contributed by atoms with van der Waals surface area (Å²) in [5, 5.41) is 11.6. The molecular formula is C30H31NO4. The van der Waals surface area contributed by atoms with Crippen molar-refractivity contribution in [1.29, 1.82) is 0 Å². The molecule has 4 rings (SSSR count). The van der Waals surface area contributed by atoms with Gasteiger partial charge in [-0.3, -0.25) is 14.5 Å². The number of ketones is 1. The molecule has 0 spiro atoms. The normalized spacial score (nSPS) is 17.7. The second kappa shape index (κ2) is 9.06. The van der Waals surface area contributed by atoms with Crippen LogP contribution >= 0.6 is 0 Å². The maximum atomic E-state index is 13.5. The number of Topliss-reactive ketones (excluding diaryl/α,β-unsaturated/α-hetero) is 1. The van der Waals surface area contributed by atoms with Crippen molar-refractivity contribution in [2.24, 2.45) is 0 Å². The maximum Gasteiger partial charge on any atom is 0.300 e. The second-order valence-corrected chi connectivity index (χ2v) is 10.1. The fourth-order valence-electron chi connectivity index (χ4n) is 4.50. The molecule has 0 radical (unpaired) electrons. The number of anilines is 1. The van der Waals surface area contributed by atoms with Crippen molar-refractivity contribution in [3.05, 3.63) is 100 Å². The lowest BCUT2D eigenvalue weighted by molar-refractivity contribution is -0.132. The third-order valence-electron chi connectivity index (χ3n) is 6.49. The number of carbonyl (C=O) groups excluding carboxylic acids is 2. The van der Waals surface area contributed by atoms with Gasteiger partial charge in [0.1, 0.15) is 11.5 Å². The van der Waals surface area contributed by atoms with E-state index >= 15 is 0 Å². The molecule has 5 heteroatoms. The van der Waals surface area contributed by atoms with Crippen molar-refractivity contribution in [1.82, 2.24) is 0 Å². The van der Waals surface area contributed by atoms with Gasteiger partial charge in [0.15, 0.2) is 0 Å². The summed E-state index contributed by atoms with van der Waals surface area (Å²) in [6.45, 7) is 10.1. The van der Waals surface area contributed by atoms with Gasteiger partial charge in [-0.15, -0.1) is 0 Å². The van der Waals surface area contributed by atoms with E-state index in [4.69, 9.17) is 4.74 Å². The number of hydrogen-bond acceptors (Lipinski definition) is 4. The smallest absolute Gasteiger partial charge is 0.300 e. The fourth-order valence-corrected chi connectivity index (χ4v) is 4.50. The van der Waals surface area contributed by atoms with Crippen LogP contribution in [0.5, 0.6) is 5.75 Å². The Bertz CT molecular complexity index is 1350. The van der Waals surface area contributed by atoms with Gasteiger partial charge in [0.25, 0.3) is 11.7 Å². The predicted molar refractivity (Wildman–Crippen MR) is 139 cm³/mol. The minimum Gasteiger partial charge on any atom is -0.507 e. The van der Waals surface area contributed by atoms with E-state index in [9.17, 15) is 14.7 Å². The Balaban J connectivity index is 1.99. The standard InChI is InChI=1S/C30H31NO4/c1-18-9-7-10-20(15-18)26-25(27(32)24-16-21(30(3,4)5)14-13-19(24)2)28(33)29(34)31(26)22-11-8-12-23(17-22)35-6/h7-17,26,32H,1-6H3/b27-25+. The van der Waals surface area contributed by atoms with Crippen LogP contribution in [0.1, 0.15) is 54.6 Å². The zero-order chi connectivity index (χ0) is 25.5. The van der Waals surface area contributed by atoms with E-state index in [1.165, 1.54) is 4.90 Å². The molecule has 0 bridgehead atoms. The number of hydrogen-bond donors (Lipinski definition) is 1. The summed E-state index contributed by atoms with van der Waals surface area (Å²) in [7, 11) is 1.55. The summed E-state index contributed by atoms with van der Waals surface area (Å²) in [5.41, 5.74) is 4.60. The largest absolute Gasteiger partial charge is 0.507 e. The molecule has 1 fully saturated rings. The molecule has 3 aromatic carbocycles. The van der Waals surface area contributed by atoms with Crippen LogP contribution in [0.4, 0.5) is 5.69 Å². The minimum atomic E-state index is -0.778. The van der Waals surface area contributed by atoms with Gasteiger partial charge in [-0.05, 0) is 54.2 Å². The van der Waals surface area contributed by atoms with Crippen molar-refractivity contribution >= 4 is 23.1 Å². The molecule has 1 atom stereocenters. The first-order chi connectivity index (χ1) is 16.5. The van der Waals surface area contributed by atoms with E-state index in [0.29, 0.717) is 17.0 Å². The van der Waals surface area contributed by atoms with E-state index < -0.39 is 17.7 Å². The number of benzene rings is 3. The molecule has 3 aromatic rings. The lowest BCUT2D eigenvalue weighted by Crippen LogP contribution is -2.29. The third-order valence-corrected chi connectivity index (χ3v) is 6.49. The monoisotopic (exact) mass is 469 g/mol. The Labute approximate surface area is 206 Å². The number of aliphatic hydroxyl groups is 1. The average molecular weight is 470 g/mol. The van der Waals surface area contributed by atoms with E-state index in [1.54, 1.807) is 31.4 Å². The van der Waals surface area contributed by atoms with Crippen molar-refractivity contribution in [3.63, 3.8) is 0 Å². The number of ether oxygens (including phenoxy) is 1. The van der Waals surface area contributed by atoms with Crippen molar-refractivity contribution < 1.29 is 19.4 Å². The Morgan fingerprint density at radius 2 is 1.66 bits per heavy atom. The number of aliphatic hydroxyl groups excluding tert-OH is 1. The number of carbonyl (C=O) groups is 2. The van der Waals surface area contributed by atoms with Crippen molar-refractivity contribution in [2.75, 3.05) is 12.0 Å². The highest BCUT2D eigenvalue weighted by Gasteiger charge is 2.47. The third kappa shape index (κ3) is 4.46. The molecule has 1 N–H and O–H groups in total. The van der Waals surface area contributed by atoms with Gasteiger partial charge in [0.05, 0.1) is 18.7 Å². The highest BCUT2D eigenvalue weighted by Crippen LogP contribution is 2.43. The molecular weight excluding hydrogens is 438 g/mol. The quantitative estimate of drug-likeness (QED) is 0.279. The van der Waals surface area contributed by atoms with Crippen LogP contribution in [0.25, 0.3) is 5.76 Å². The van der Waals surface area contributed by atoms with Crippen LogP contribution in [0.2, 0.25) is 0 Å². The molecule has 1 aliphatic rings. The summed E-state index contributed by atoms with van der Waals surface area (Å²) in [4.78, 5) is 28.4. The van der Waals surface area contributed by atoms with Gasteiger partial charge in [-0.25, -0.2) is 0 Å². The summed E-state index contributed by atoms with van der Waals surface area (Å²) in [6, 6.07) is 19.8. The Kier molecular flexibility index (Phi) is 6.28. The first-order valence-electron chi connectivity index (χ1n) is 11.7. The highest BCUT2D eigenvalue weighted by molar-refractivity contribution is 6.51. The van der Waals surface area contributed by atoms with E-state index in [0.717, 1.165) is 22.3 Å². The number of rotatable bonds is 4. The lowest BCUT2D eigenvalue weighted by Gasteiger charge is -2.26. The minimum absolute atomic E-state index is 0.0811. The molecule has 0 aliphatic carbocycles. The Morgan fingerprint density at radius 1 is 0.943 bits per heavy atom. The number of aryl methyl sites for hydroxylation is 2. The zero-order valence-corrected chi connectivity index (χ0v) is 21.0. The summed E-state index contributed by atoms with van der Waals surface area (Å²) >= 11 is 0. The van der Waals surface area contributed by atoms with Gasteiger partial charge in [0.2, 0.25) is 0 Å². The molecule has 1 aliphatic heterocycles. The fraction of sp³-hybridized carbons (Fsp3) is 0.267. The van der Waals surface area contributed by atoms with Gasteiger partial charge < -0.3 is 9.84 Å². The van der Waals surface area contributed by atoms with Crippen LogP contribution in [0, 0.1) is 13.8 Å². The number of nitrogens with zero attached hydrogens (tertiary/aromatic N) is 1. The SMILES string of the molecule is COc1cccc(N2C(=O)C(=O)/C(=C(/O)c3cc(C(C)(C)C)ccc3C)C2c2cccc(C)c2)c1. The molecule has 5 nitrogen and oxygen atoms in total. The predicted octanol–water partition coefficient (Wildman–Crippen LogP) is 6.24. The van der Waals surface area contributed by atoms with E-state index in [-0.39, 0.29) is 16.7 Å². The number of amides is 1. The first kappa shape index (κ1) is 24.3. The topological polar surface area (TPSA) is 66.8 Å². The summed E-state index contributed by atoms with van der Waals surface area (Å²) in [5.74, 6) is -0.988. The molecule has 1 saturated heterocycles. The van der Waals surface area contributed by atoms with Crippen LogP contribution in [-0.2, 0) is 15.0 Å². The van der Waals surface area contributed by atoms with Crippen LogP contribution in [0.3, 0.4) is 0 Å². The van der Waals surface area contributed by atoms with Crippen LogP contribution < -0.4 is 9.64 Å². The summed E-state index contributed by atoms with van der Waals surface area (Å²) < 4.78 is 5.36. The molecule has 0 aromatic heterocycles. The van der Waals surface area contributed by atoms with Gasteiger partial charge in [-0.2, -0.15) is 0 Å². The molecule has 35 heavy (non-hydrogen) atoms. The zero-order valence-electron chi connectivity index (χ0n) is 21.0. The Hall–Kier alpha value is -3.86. The second-order valence-electron chi connectivity index (χ2n) is 10.1. The van der Waals surface area contributed by atoms with Gasteiger partial charge in [0, 0.05) is 17.3 Å². The van der Waals surface area contributed by atoms with Crippen LogP contribution in [-0.4, -0.2) is 23.9 Å². The van der Waals surface area contributed by atoms with Crippen molar-refractivity contribution in [2.45, 2.75) is 46.1 Å². The maximum absolute atomic E-state index is 13.5. The number of methoxy groups -OCH3 is 1. The summed E-state index contributed by atoms with van der Waals surface area (Å²) in [6.07, 6.45) is 0. The van der Waals surface area contributed by atoms with Gasteiger partial charge in [-0.1, -0.05) is 68.8 Å². The van der Waals surface area contributed by atoms with E-state index in [2.05, 4.69) is 20.8 Å². The molecule has 180 valence electrons. The van der Waals surface area contributed by atoms with Crippen molar-refractivity contribution in [3.8, 4) is 5.75 Å². The highest BCUT2D eigenvalue weighted by atomic mass is 16.5. The first-order valence-corrected chi connectivity index (χ1v) is 11.7.